The number of hydrogen-bond donors (Lipinski definition) is 7. The Morgan fingerprint density at radius 2 is 1.72 bits per heavy atom. The monoisotopic (exact) mass is 610 g/mol. The predicted molar refractivity (Wildman–Crippen MR) is 161 cm³/mol. The molecule has 43 heavy (non-hydrogen) atoms. The van der Waals surface area contributed by atoms with Crippen LogP contribution in [0.3, 0.4) is 0 Å². The van der Waals surface area contributed by atoms with E-state index in [2.05, 4.69) is 26.8 Å². The lowest BCUT2D eigenvalue weighted by atomic mass is 9.46. The average molecular weight is 611 g/mol. The van der Waals surface area contributed by atoms with Crippen molar-refractivity contribution in [1.82, 2.24) is 0 Å². The molecule has 0 radical (unpaired) electrons. The Hall–Kier alpha value is -0.620. The summed E-state index contributed by atoms with van der Waals surface area (Å²) >= 11 is 0. The number of fused-ring (bicyclic) bond motifs is 5. The number of hydrogen-bond acceptors (Lipinski definition) is 9. The Morgan fingerprint density at radius 3 is 2.37 bits per heavy atom. The fourth-order valence-corrected chi connectivity index (χ4v) is 10.4. The Morgan fingerprint density at radius 1 is 1.02 bits per heavy atom. The van der Waals surface area contributed by atoms with E-state index in [1.807, 2.05) is 0 Å². The highest BCUT2D eigenvalue weighted by atomic mass is 16.7. The van der Waals surface area contributed by atoms with Crippen LogP contribution < -0.4 is 0 Å². The average Bonchev–Trinajstić information content (AvgIpc) is 3.28. The van der Waals surface area contributed by atoms with Crippen molar-refractivity contribution in [3.05, 3.63) is 11.6 Å². The van der Waals surface area contributed by atoms with Gasteiger partial charge in [-0.1, -0.05) is 32.4 Å². The molecule has 1 heterocycles. The maximum atomic E-state index is 11.8. The lowest BCUT2D eigenvalue weighted by Gasteiger charge is -2.60. The third-order valence-electron chi connectivity index (χ3n) is 13.4. The molecule has 0 aromatic rings. The minimum Gasteiger partial charge on any atom is -0.394 e. The van der Waals surface area contributed by atoms with E-state index in [1.54, 1.807) is 20.8 Å². The first-order valence-corrected chi connectivity index (χ1v) is 16.7. The molecule has 0 amide bonds. The second-order valence-corrected chi connectivity index (χ2v) is 16.2. The van der Waals surface area contributed by atoms with Gasteiger partial charge in [0.15, 0.2) is 6.29 Å². The van der Waals surface area contributed by atoms with E-state index in [4.69, 9.17) is 9.47 Å². The van der Waals surface area contributed by atoms with E-state index >= 15 is 0 Å². The first-order valence-electron chi connectivity index (χ1n) is 16.7. The molecular formula is C34H58O9. The first kappa shape index (κ1) is 33.7. The molecule has 0 spiro atoms. The molecule has 1 saturated heterocycles. The second-order valence-electron chi connectivity index (χ2n) is 16.2. The van der Waals surface area contributed by atoms with Crippen molar-refractivity contribution in [2.75, 3.05) is 6.61 Å². The van der Waals surface area contributed by atoms with Crippen LogP contribution in [-0.4, -0.2) is 96.5 Å². The predicted octanol–water partition coefficient (Wildman–Crippen LogP) is 2.66. The highest BCUT2D eigenvalue weighted by molar-refractivity contribution is 5.26. The molecule has 0 unspecified atom stereocenters. The van der Waals surface area contributed by atoms with Crippen LogP contribution in [-0.2, 0) is 9.47 Å². The topological polar surface area (TPSA) is 160 Å². The van der Waals surface area contributed by atoms with E-state index in [0.29, 0.717) is 24.2 Å². The van der Waals surface area contributed by atoms with Gasteiger partial charge in [-0.3, -0.25) is 0 Å². The zero-order chi connectivity index (χ0) is 31.7. The Labute approximate surface area is 257 Å². The van der Waals surface area contributed by atoms with E-state index in [9.17, 15) is 35.7 Å². The van der Waals surface area contributed by atoms with Crippen LogP contribution in [0.25, 0.3) is 0 Å². The number of aliphatic hydroxyl groups excluding tert-OH is 6. The summed E-state index contributed by atoms with van der Waals surface area (Å²) in [5, 5.41) is 74.1. The van der Waals surface area contributed by atoms with Crippen molar-refractivity contribution in [3.8, 4) is 0 Å². The van der Waals surface area contributed by atoms with E-state index in [0.717, 1.165) is 51.4 Å². The van der Waals surface area contributed by atoms with E-state index in [-0.39, 0.29) is 34.9 Å². The maximum Gasteiger partial charge on any atom is 0.187 e. The second kappa shape index (κ2) is 11.9. The zero-order valence-electron chi connectivity index (χ0n) is 27.0. The van der Waals surface area contributed by atoms with Gasteiger partial charge < -0.3 is 45.2 Å². The zero-order valence-corrected chi connectivity index (χ0v) is 27.0. The summed E-state index contributed by atoms with van der Waals surface area (Å²) in [4.78, 5) is 0. The third kappa shape index (κ3) is 5.67. The van der Waals surface area contributed by atoms with Gasteiger partial charge in [0.25, 0.3) is 0 Å². The highest BCUT2D eigenvalue weighted by Gasteiger charge is 2.62. The molecule has 5 rings (SSSR count). The van der Waals surface area contributed by atoms with Crippen molar-refractivity contribution >= 4 is 0 Å². The summed E-state index contributed by atoms with van der Waals surface area (Å²) in [5.74, 6) is 1.89. The van der Waals surface area contributed by atoms with E-state index in [1.165, 1.54) is 5.57 Å². The summed E-state index contributed by atoms with van der Waals surface area (Å²) < 4.78 is 11.9. The van der Waals surface area contributed by atoms with Crippen LogP contribution in [0.5, 0.6) is 0 Å². The van der Waals surface area contributed by atoms with Crippen molar-refractivity contribution in [2.45, 2.75) is 153 Å². The standard InChI is InChI=1S/C34H58O9/c1-18(11-14-34(6,31(2,3)41)43-30-29(40)28(39)27(38)25(17-35)42-30)22-9-10-23-21-8-7-19-15-20(36)12-13-32(19,4)26(21)24(37)16-33(22,23)5/h7,18,20-30,35-41H,8-17H2,1-6H3/t18-,20+,21+,22-,23+,24-,25-,26-,27-,28+,29-,30+,32+,33-,34-/m1/s1. The molecular weight excluding hydrogens is 552 g/mol. The van der Waals surface area contributed by atoms with Gasteiger partial charge >= 0.3 is 0 Å². The van der Waals surface area contributed by atoms with Crippen LogP contribution in [0.4, 0.5) is 0 Å². The number of ether oxygens (including phenoxy) is 2. The minimum atomic E-state index is -1.55. The van der Waals surface area contributed by atoms with Gasteiger partial charge in [0.05, 0.1) is 30.0 Å². The normalized spacial score (nSPS) is 48.9. The minimum absolute atomic E-state index is 0.000848. The Kier molecular flexibility index (Phi) is 9.32. The first-order chi connectivity index (χ1) is 20.0. The molecule has 0 aromatic heterocycles. The van der Waals surface area contributed by atoms with Crippen LogP contribution in [0.15, 0.2) is 11.6 Å². The number of aliphatic hydroxyl groups is 7. The van der Waals surface area contributed by atoms with E-state index < -0.39 is 48.5 Å². The van der Waals surface area contributed by atoms with Gasteiger partial charge in [0, 0.05) is 0 Å². The van der Waals surface area contributed by atoms with Crippen LogP contribution >= 0.6 is 0 Å². The number of allylic oxidation sites excluding steroid dienone is 1. The molecule has 7 N–H and O–H groups in total. The van der Waals surface area contributed by atoms with Crippen LogP contribution in [0, 0.1) is 40.4 Å². The van der Waals surface area contributed by atoms with Gasteiger partial charge in [0.2, 0.25) is 0 Å². The molecule has 9 heteroatoms. The third-order valence-corrected chi connectivity index (χ3v) is 13.4. The quantitative estimate of drug-likeness (QED) is 0.205. The molecule has 15 atom stereocenters. The summed E-state index contributed by atoms with van der Waals surface area (Å²) in [7, 11) is 0. The van der Waals surface area contributed by atoms with Gasteiger partial charge in [-0.25, -0.2) is 0 Å². The summed E-state index contributed by atoms with van der Waals surface area (Å²) in [6, 6.07) is 0. The Bertz CT molecular complexity index is 1030. The van der Waals surface area contributed by atoms with Crippen LogP contribution in [0.2, 0.25) is 0 Å². The SMILES string of the molecule is C[C@H](CC[C@@](C)(O[C@@H]1O[C@H](CO)[C@@H](O)[C@H](O)[C@H]1O)C(C)(C)O)[C@H]1CC[C@H]2[C@@H]3CC=C4C[C@@H](O)CC[C@]4(C)[C@H]3[C@H](O)C[C@]12C. The van der Waals surface area contributed by atoms with Crippen molar-refractivity contribution < 1.29 is 45.2 Å². The summed E-state index contributed by atoms with van der Waals surface area (Å²) in [5.41, 5.74) is -1.17. The summed E-state index contributed by atoms with van der Waals surface area (Å²) in [6.07, 6.45) is 2.45. The van der Waals surface area contributed by atoms with Gasteiger partial charge in [-0.2, -0.15) is 0 Å². The Balaban J connectivity index is 1.30. The molecule has 4 aliphatic carbocycles. The van der Waals surface area contributed by atoms with Gasteiger partial charge in [-0.15, -0.1) is 0 Å². The maximum absolute atomic E-state index is 11.8. The molecule has 248 valence electrons. The van der Waals surface area contributed by atoms with Gasteiger partial charge in [-0.05, 0) is 119 Å². The van der Waals surface area contributed by atoms with Crippen LogP contribution in [0.1, 0.15) is 99.3 Å². The fourth-order valence-electron chi connectivity index (χ4n) is 10.4. The van der Waals surface area contributed by atoms with Crippen molar-refractivity contribution in [1.29, 1.82) is 0 Å². The molecule has 0 bridgehead atoms. The lowest BCUT2D eigenvalue weighted by molar-refractivity contribution is -0.342. The largest absolute Gasteiger partial charge is 0.394 e. The molecule has 3 saturated carbocycles. The summed E-state index contributed by atoms with van der Waals surface area (Å²) in [6.45, 7) is 11.5. The smallest absolute Gasteiger partial charge is 0.187 e. The number of rotatable bonds is 8. The van der Waals surface area contributed by atoms with Gasteiger partial charge in [0.1, 0.15) is 24.4 Å². The fraction of sp³-hybridized carbons (Fsp3) is 0.941. The molecule has 9 nitrogen and oxygen atoms in total. The molecule has 4 fully saturated rings. The molecule has 1 aliphatic heterocycles. The molecule has 0 aromatic carbocycles. The van der Waals surface area contributed by atoms with Crippen molar-refractivity contribution in [2.24, 2.45) is 40.4 Å². The van der Waals surface area contributed by atoms with Crippen molar-refractivity contribution in [3.63, 3.8) is 0 Å². The highest BCUT2D eigenvalue weighted by Crippen LogP contribution is 2.67. The lowest BCUT2D eigenvalue weighted by Crippen LogP contribution is -2.62. The molecule has 5 aliphatic rings.